The molecule has 2 fully saturated rings. The standard InChI is InChI=1S/C37H43F2N5O7.C6H14N2O2/c1-4-34(25(2)49-24-50-36(46)47)44-35(45)43(23-40-44)30-8-6-28(7-9-30)41-15-17-42(18-16-41)29-10-12-31(13-11-29)48-21-26-20-37(3,51-22-26)32-14-5-27(38)19-33(32)39;7-4-2-1-3-5(8)6(9)10/h5-14,19,23,25-26,34H,4,15-18,20-22,24H2,1-3H3,(H,46,47);5H,1-4,7-8H2,(H,9,10)/t25-,26+,34-,37+;5-/m00/s1. The number of nitrogens with two attached hydrogens (primary N) is 2. The van der Waals surface area contributed by atoms with Crippen molar-refractivity contribution in [1.82, 2.24) is 14.3 Å². The molecule has 3 aromatic carbocycles. The van der Waals surface area contributed by atoms with E-state index in [1.165, 1.54) is 27.7 Å². The number of ether oxygens (including phenoxy) is 4. The third kappa shape index (κ3) is 12.5. The van der Waals surface area contributed by atoms with Crippen LogP contribution in [0.5, 0.6) is 5.75 Å². The van der Waals surface area contributed by atoms with Gasteiger partial charge in [-0.3, -0.25) is 4.79 Å². The molecule has 0 unspecified atom stereocenters. The van der Waals surface area contributed by atoms with Gasteiger partial charge in [-0.1, -0.05) is 19.4 Å². The number of hydrogen-bond donors (Lipinski definition) is 4. The number of carboxylic acid groups (broad SMARTS) is 2. The van der Waals surface area contributed by atoms with Crippen LogP contribution in [0, 0.1) is 17.6 Å². The smallest absolute Gasteiger partial charge is 0.493 e. The van der Waals surface area contributed by atoms with Crippen LogP contribution in [0.1, 0.15) is 64.5 Å². The Bertz CT molecular complexity index is 2080. The van der Waals surface area contributed by atoms with Gasteiger partial charge < -0.3 is 50.4 Å². The zero-order valence-electron chi connectivity index (χ0n) is 34.8. The van der Waals surface area contributed by atoms with Crippen molar-refractivity contribution < 1.29 is 47.5 Å². The molecule has 0 spiro atoms. The predicted molar refractivity (Wildman–Crippen MR) is 224 cm³/mol. The highest BCUT2D eigenvalue weighted by Gasteiger charge is 2.40. The lowest BCUT2D eigenvalue weighted by Crippen LogP contribution is -2.46. The summed E-state index contributed by atoms with van der Waals surface area (Å²) in [6.07, 6.45) is 2.84. The highest BCUT2D eigenvalue weighted by atomic mass is 19.1. The Morgan fingerprint density at radius 2 is 1.59 bits per heavy atom. The Hall–Kier alpha value is -5.56. The predicted octanol–water partition coefficient (Wildman–Crippen LogP) is 5.51. The number of anilines is 2. The van der Waals surface area contributed by atoms with E-state index in [1.807, 2.05) is 50.2 Å². The maximum atomic E-state index is 14.4. The molecule has 1 aromatic heterocycles. The average Bonchev–Trinajstić information content (AvgIpc) is 3.82. The molecular weight excluding hydrogens is 797 g/mol. The number of rotatable bonds is 18. The van der Waals surface area contributed by atoms with Crippen LogP contribution in [0.3, 0.4) is 0 Å². The summed E-state index contributed by atoms with van der Waals surface area (Å²) >= 11 is 0. The summed E-state index contributed by atoms with van der Waals surface area (Å²) in [5.74, 6) is -1.30. The van der Waals surface area contributed by atoms with E-state index in [4.69, 9.17) is 35.9 Å². The van der Waals surface area contributed by atoms with Gasteiger partial charge in [0.1, 0.15) is 29.8 Å². The van der Waals surface area contributed by atoms with Crippen LogP contribution < -0.4 is 31.7 Å². The molecule has 332 valence electrons. The summed E-state index contributed by atoms with van der Waals surface area (Å²) in [6.45, 7) is 9.85. The summed E-state index contributed by atoms with van der Waals surface area (Å²) < 4.78 is 52.6. The van der Waals surface area contributed by atoms with Crippen LogP contribution >= 0.6 is 0 Å². The molecule has 0 bridgehead atoms. The van der Waals surface area contributed by atoms with E-state index in [1.54, 1.807) is 6.92 Å². The van der Waals surface area contributed by atoms with E-state index >= 15 is 0 Å². The van der Waals surface area contributed by atoms with E-state index in [-0.39, 0.29) is 11.6 Å². The largest absolute Gasteiger partial charge is 0.507 e. The number of piperazine rings is 1. The van der Waals surface area contributed by atoms with E-state index in [2.05, 4.69) is 31.8 Å². The molecule has 0 saturated carbocycles. The fraction of sp³-hybridized carbons (Fsp3) is 0.488. The molecule has 18 heteroatoms. The SMILES string of the molecule is CC[C@@H]([C@H](C)OCOC(=O)O)n1ncn(-c2ccc(N3CCN(c4ccc(OC[C@@H]5CO[C@@](C)(c6ccc(F)cc6F)C5)cc4)CC3)cc2)c1=O.NCCCC[C@H](N)C(=O)O. The lowest BCUT2D eigenvalue weighted by atomic mass is 9.89. The number of benzene rings is 3. The minimum absolute atomic E-state index is 0.0799. The highest BCUT2D eigenvalue weighted by molar-refractivity contribution is 5.72. The van der Waals surface area contributed by atoms with Crippen molar-refractivity contribution in [3.63, 3.8) is 0 Å². The molecule has 0 radical (unpaired) electrons. The number of unbranched alkanes of at least 4 members (excludes halogenated alkanes) is 1. The van der Waals surface area contributed by atoms with Crippen LogP contribution in [0.25, 0.3) is 5.69 Å². The monoisotopic (exact) mass is 853 g/mol. The van der Waals surface area contributed by atoms with Crippen molar-refractivity contribution in [2.24, 2.45) is 17.4 Å². The van der Waals surface area contributed by atoms with Gasteiger partial charge in [-0.25, -0.2) is 27.6 Å². The van der Waals surface area contributed by atoms with E-state index in [0.717, 1.165) is 62.2 Å². The van der Waals surface area contributed by atoms with E-state index < -0.39 is 54.3 Å². The Labute approximate surface area is 353 Å². The van der Waals surface area contributed by atoms with Gasteiger partial charge in [-0.05, 0) is 101 Å². The number of nitrogens with zero attached hydrogens (tertiary/aromatic N) is 5. The lowest BCUT2D eigenvalue weighted by molar-refractivity contribution is -0.138. The van der Waals surface area contributed by atoms with Gasteiger partial charge in [-0.2, -0.15) is 5.10 Å². The van der Waals surface area contributed by atoms with Gasteiger partial charge in [0.25, 0.3) is 0 Å². The van der Waals surface area contributed by atoms with E-state index in [0.29, 0.717) is 50.3 Å². The topological polar surface area (TPSA) is 210 Å². The van der Waals surface area contributed by atoms with Gasteiger partial charge in [0.2, 0.25) is 0 Å². The Balaban J connectivity index is 0.000000626. The number of halogens is 2. The minimum atomic E-state index is -1.43. The molecule has 0 aliphatic carbocycles. The van der Waals surface area contributed by atoms with Crippen molar-refractivity contribution >= 4 is 23.5 Å². The van der Waals surface area contributed by atoms with Gasteiger partial charge in [0, 0.05) is 55.1 Å². The third-order valence-corrected chi connectivity index (χ3v) is 11.0. The molecular formula is C43H57F2N7O9. The first-order valence-electron chi connectivity index (χ1n) is 20.5. The van der Waals surface area contributed by atoms with Crippen LogP contribution in [0.15, 0.2) is 77.9 Å². The minimum Gasteiger partial charge on any atom is -0.493 e. The zero-order chi connectivity index (χ0) is 44.1. The van der Waals surface area contributed by atoms with Crippen molar-refractivity contribution in [3.05, 3.63) is 101 Å². The first kappa shape index (κ1) is 46.5. The maximum Gasteiger partial charge on any atom is 0.507 e. The normalized spacial score (nSPS) is 19.1. The lowest BCUT2D eigenvalue weighted by Gasteiger charge is -2.37. The number of hydrogen-bond acceptors (Lipinski definition) is 12. The molecule has 2 aliphatic rings. The zero-order valence-corrected chi connectivity index (χ0v) is 34.8. The Morgan fingerprint density at radius 3 is 2.16 bits per heavy atom. The van der Waals surface area contributed by atoms with Crippen LogP contribution in [-0.4, -0.2) is 102 Å². The molecule has 5 atom stereocenters. The second-order valence-electron chi connectivity index (χ2n) is 15.4. The van der Waals surface area contributed by atoms with Crippen LogP contribution in [-0.2, 0) is 24.6 Å². The fourth-order valence-electron chi connectivity index (χ4n) is 7.56. The average molecular weight is 854 g/mol. The first-order valence-corrected chi connectivity index (χ1v) is 20.5. The molecule has 2 aliphatic heterocycles. The quantitative estimate of drug-likeness (QED) is 0.0553. The number of aliphatic carboxylic acids is 1. The molecule has 6 rings (SSSR count). The van der Waals surface area contributed by atoms with Crippen molar-refractivity contribution in [3.8, 4) is 11.4 Å². The Morgan fingerprint density at radius 1 is 0.967 bits per heavy atom. The number of aromatic nitrogens is 3. The summed E-state index contributed by atoms with van der Waals surface area (Å²) in [5.41, 5.74) is 12.5. The van der Waals surface area contributed by atoms with Gasteiger partial charge in [-0.15, -0.1) is 0 Å². The van der Waals surface area contributed by atoms with Crippen LogP contribution in [0.2, 0.25) is 0 Å². The fourth-order valence-corrected chi connectivity index (χ4v) is 7.56. The maximum absolute atomic E-state index is 14.4. The number of carbonyl (C=O) groups is 2. The highest BCUT2D eigenvalue weighted by Crippen LogP contribution is 2.40. The van der Waals surface area contributed by atoms with Gasteiger partial charge >= 0.3 is 17.8 Å². The summed E-state index contributed by atoms with van der Waals surface area (Å²) in [7, 11) is 0. The van der Waals surface area contributed by atoms with Gasteiger partial charge in [0.15, 0.2) is 6.79 Å². The van der Waals surface area contributed by atoms with Crippen molar-refractivity contribution in [1.29, 1.82) is 0 Å². The second kappa shape index (κ2) is 21.8. The van der Waals surface area contributed by atoms with Gasteiger partial charge in [0.05, 0.1) is 36.6 Å². The molecule has 6 N–H and O–H groups in total. The van der Waals surface area contributed by atoms with Crippen molar-refractivity contribution in [2.45, 2.75) is 76.7 Å². The summed E-state index contributed by atoms with van der Waals surface area (Å²) in [5, 5.41) is 21.3. The molecule has 16 nitrogen and oxygen atoms in total. The molecule has 0 amide bonds. The van der Waals surface area contributed by atoms with Crippen LogP contribution in [0.4, 0.5) is 25.0 Å². The second-order valence-corrected chi connectivity index (χ2v) is 15.4. The Kier molecular flexibility index (Phi) is 16.6. The molecule has 2 saturated heterocycles. The first-order chi connectivity index (χ1) is 29.2. The van der Waals surface area contributed by atoms with Crippen molar-refractivity contribution in [2.75, 3.05) is 62.5 Å². The summed E-state index contributed by atoms with van der Waals surface area (Å²) in [4.78, 5) is 38.7. The molecule has 3 heterocycles. The molecule has 61 heavy (non-hydrogen) atoms. The summed E-state index contributed by atoms with van der Waals surface area (Å²) in [6, 6.07) is 18.3. The van der Waals surface area contributed by atoms with E-state index in [9.17, 15) is 23.2 Å². The number of carboxylic acids is 1. The molecule has 4 aromatic rings. The third-order valence-electron chi connectivity index (χ3n) is 11.0.